The summed E-state index contributed by atoms with van der Waals surface area (Å²) in [5.74, 6) is -5.85. The van der Waals surface area contributed by atoms with E-state index in [1.54, 1.807) is 0 Å². The molecule has 2 saturated heterocycles. The Kier molecular flexibility index (Phi) is 5.66. The molecule has 0 saturated carbocycles. The molecule has 3 aliphatic rings. The highest BCUT2D eigenvalue weighted by Crippen LogP contribution is 2.36. The number of rotatable bonds is 13. The van der Waals surface area contributed by atoms with Crippen LogP contribution in [0.5, 0.6) is 0 Å². The maximum atomic E-state index is 12.7. The summed E-state index contributed by atoms with van der Waals surface area (Å²) < 4.78 is 104. The zero-order chi connectivity index (χ0) is 33.0. The van der Waals surface area contributed by atoms with Gasteiger partial charge in [0.15, 0.2) is 0 Å². The van der Waals surface area contributed by atoms with Gasteiger partial charge in [-0.05, 0) is 50.1 Å². The number of aryl methyl sites for hydroxylation is 1. The van der Waals surface area contributed by atoms with E-state index >= 15 is 0 Å². The van der Waals surface area contributed by atoms with Crippen LogP contribution in [0, 0.1) is 5.89 Å². The van der Waals surface area contributed by atoms with E-state index in [4.69, 9.17) is 32.7 Å². The van der Waals surface area contributed by atoms with Gasteiger partial charge < -0.3 is 23.8 Å². The van der Waals surface area contributed by atoms with E-state index in [1.165, 1.54) is 10.5 Å². The number of hydrogen-bond donors (Lipinski definition) is 0. The van der Waals surface area contributed by atoms with Gasteiger partial charge in [-0.15, -0.1) is 0 Å². The molecule has 2 heterocycles. The molecular weight excluding hydrogens is 442 g/mol. The van der Waals surface area contributed by atoms with E-state index in [2.05, 4.69) is 12.1 Å². The summed E-state index contributed by atoms with van der Waals surface area (Å²) >= 11 is 0. The maximum absolute atomic E-state index is 12.7. The number of allylic oxidation sites excluding steroid dienone is 1. The quantitative estimate of drug-likeness (QED) is 0.315. The summed E-state index contributed by atoms with van der Waals surface area (Å²) in [6.45, 7) is -5.82. The van der Waals surface area contributed by atoms with Crippen LogP contribution in [0.25, 0.3) is 0 Å². The number of carbonyl (C=O) groups is 1. The Morgan fingerprint density at radius 1 is 1.20 bits per heavy atom. The Bertz CT molecular complexity index is 1250. The lowest BCUT2D eigenvalue weighted by atomic mass is 9.90. The number of ether oxygens (including phenoxy) is 4. The van der Waals surface area contributed by atoms with Gasteiger partial charge in [0.2, 0.25) is 5.79 Å². The number of benzene rings is 1. The van der Waals surface area contributed by atoms with Crippen LogP contribution in [0.2, 0.25) is 0 Å². The zero-order valence-electron chi connectivity index (χ0n) is 30.0. The summed E-state index contributed by atoms with van der Waals surface area (Å²) in [4.78, 5) is 14.1. The second-order valence-electron chi connectivity index (χ2n) is 8.90. The van der Waals surface area contributed by atoms with E-state index in [0.29, 0.717) is 19.6 Å². The van der Waals surface area contributed by atoms with Gasteiger partial charge in [0, 0.05) is 54.5 Å². The van der Waals surface area contributed by atoms with Crippen molar-refractivity contribution in [3.8, 4) is 0 Å². The molecule has 0 spiro atoms. The molecule has 35 heavy (non-hydrogen) atoms. The molecule has 1 aromatic rings. The van der Waals surface area contributed by atoms with Gasteiger partial charge in [-0.2, -0.15) is 0 Å². The first-order chi connectivity index (χ1) is 21.2. The molecule has 0 bridgehead atoms. The van der Waals surface area contributed by atoms with E-state index in [1.807, 2.05) is 18.2 Å². The van der Waals surface area contributed by atoms with Gasteiger partial charge in [0.1, 0.15) is 11.9 Å². The topological polar surface area (TPSA) is 57.2 Å². The molecule has 0 radical (unpaired) electrons. The van der Waals surface area contributed by atoms with Crippen molar-refractivity contribution in [2.24, 2.45) is 5.89 Å². The summed E-state index contributed by atoms with van der Waals surface area (Å²) in [6, 6.07) is 8.97. The molecule has 6 nitrogen and oxygen atoms in total. The molecule has 1 aliphatic carbocycles. The third-order valence-corrected chi connectivity index (χ3v) is 6.04. The number of hydrogen-bond acceptors (Lipinski definition) is 5. The molecule has 192 valence electrons. The van der Waals surface area contributed by atoms with Gasteiger partial charge in [0.05, 0.1) is 17.2 Å². The van der Waals surface area contributed by atoms with E-state index < -0.39 is 74.0 Å². The van der Waals surface area contributed by atoms with Crippen molar-refractivity contribution in [3.63, 3.8) is 0 Å². The van der Waals surface area contributed by atoms with Gasteiger partial charge in [-0.3, -0.25) is 0 Å². The molecule has 1 amide bonds. The highest BCUT2D eigenvalue weighted by atomic mass is 16.7. The molecular formula is C29H41NO5. The molecule has 1 aromatic carbocycles. The molecule has 2 aliphatic heterocycles. The first kappa shape index (κ1) is 15.7. The lowest BCUT2D eigenvalue weighted by Gasteiger charge is -2.36. The Hall–Kier alpha value is -2.31. The highest BCUT2D eigenvalue weighted by molar-refractivity contribution is 5.70. The lowest BCUT2D eigenvalue weighted by Crippen LogP contribution is -2.36. The first-order valence-corrected chi connectivity index (χ1v) is 12.3. The predicted molar refractivity (Wildman–Crippen MR) is 136 cm³/mol. The lowest BCUT2D eigenvalue weighted by molar-refractivity contribution is -0.202. The largest absolute Gasteiger partial charge is 0.463 e. The first-order valence-electron chi connectivity index (χ1n) is 17.6. The minimum Gasteiger partial charge on any atom is -0.463 e. The van der Waals surface area contributed by atoms with Crippen LogP contribution in [0.3, 0.4) is 0 Å². The number of nitrogens with zero attached hydrogens (tertiary/aromatic N) is 1. The fourth-order valence-electron chi connectivity index (χ4n) is 4.13. The van der Waals surface area contributed by atoms with Crippen molar-refractivity contribution in [1.29, 1.82) is 0 Å². The minimum atomic E-state index is -3.20. The van der Waals surface area contributed by atoms with Crippen LogP contribution in [0.4, 0.5) is 4.79 Å². The Morgan fingerprint density at radius 3 is 2.86 bits per heavy atom. The molecule has 0 N–H and O–H groups in total. The van der Waals surface area contributed by atoms with Gasteiger partial charge in [-0.25, -0.2) is 4.79 Å². The average molecular weight is 494 g/mol. The van der Waals surface area contributed by atoms with Crippen LogP contribution >= 0.6 is 0 Å². The van der Waals surface area contributed by atoms with Crippen LogP contribution in [-0.4, -0.2) is 55.8 Å². The van der Waals surface area contributed by atoms with E-state index in [9.17, 15) is 4.79 Å². The standard InChI is InChI=1S/C29H41NO5/c1-29(2)33-22-25-20-24(15-16-26(25)35-29)27-21-30(28(31)34-27)17-9-3-4-10-18-32-19-11-8-14-23-12-6-5-7-13-23/h5-7,12-13,16,20,24,27H,3-4,8-11,14-15,17-19,21-22H2,1-2H3/i1D2,2D3,15D,16D,20D,22D,24D. The van der Waals surface area contributed by atoms with Gasteiger partial charge >= 0.3 is 6.09 Å². The highest BCUT2D eigenvalue weighted by Gasteiger charge is 2.38. The van der Waals surface area contributed by atoms with Crippen LogP contribution in [-0.2, 0) is 25.4 Å². The number of unbranched alkanes of at least 4 members (excludes halogenated alkanes) is 4. The molecule has 6 heteroatoms. The fraction of sp³-hybridized carbons (Fsp3) is 0.621. The Balaban J connectivity index is 1.26. The second kappa shape index (κ2) is 12.6. The Labute approximate surface area is 224 Å². The van der Waals surface area contributed by atoms with Gasteiger partial charge in [0.25, 0.3) is 0 Å². The van der Waals surface area contributed by atoms with Gasteiger partial charge in [-0.1, -0.05) is 49.2 Å². The monoisotopic (exact) mass is 493 g/mol. The predicted octanol–water partition coefficient (Wildman–Crippen LogP) is 6.02. The number of cyclic esters (lactones) is 1. The molecule has 2 fully saturated rings. The molecule has 5 unspecified atom stereocenters. The van der Waals surface area contributed by atoms with Crippen molar-refractivity contribution in [2.45, 2.75) is 77.0 Å². The summed E-state index contributed by atoms with van der Waals surface area (Å²) in [7, 11) is 0. The average Bonchev–Trinajstić information content (AvgIpc) is 3.37. The molecule has 4 rings (SSSR count). The van der Waals surface area contributed by atoms with Crippen molar-refractivity contribution in [3.05, 3.63) is 59.3 Å². The third-order valence-electron chi connectivity index (χ3n) is 6.04. The fourth-order valence-corrected chi connectivity index (χ4v) is 4.13. The van der Waals surface area contributed by atoms with Crippen LogP contribution in [0.15, 0.2) is 53.8 Å². The third kappa shape index (κ3) is 7.84. The number of carbonyl (C=O) groups excluding carboxylic acids is 1. The van der Waals surface area contributed by atoms with E-state index in [0.717, 1.165) is 45.1 Å². The SMILES string of the molecule is [2H]C1=C2OC(C([2H])[2H])(C([2H])([2H])[2H])OC([2H])C2=C([2H])C([2H])(C2CN(CCCCCCOCCCCc3ccccc3)C(=O)O2)C1[2H]. The van der Waals surface area contributed by atoms with Crippen molar-refractivity contribution >= 4 is 6.09 Å². The minimum absolute atomic E-state index is 0.104. The van der Waals surface area contributed by atoms with Crippen LogP contribution in [0.1, 0.15) is 77.9 Å². The van der Waals surface area contributed by atoms with Crippen molar-refractivity contribution < 1.29 is 37.4 Å². The summed E-state index contributed by atoms with van der Waals surface area (Å²) in [6.07, 6.45) is 2.57. The molecule has 0 aromatic heterocycles. The summed E-state index contributed by atoms with van der Waals surface area (Å²) in [5.41, 5.74) is 0.876. The zero-order valence-corrected chi connectivity index (χ0v) is 20.0. The Morgan fingerprint density at radius 2 is 2.03 bits per heavy atom. The maximum Gasteiger partial charge on any atom is 0.410 e. The molecule has 5 atom stereocenters. The van der Waals surface area contributed by atoms with Crippen molar-refractivity contribution in [2.75, 3.05) is 32.9 Å². The number of fused-ring (bicyclic) bond motifs is 1. The normalized spacial score (nSPS) is 37.5. The van der Waals surface area contributed by atoms with Crippen LogP contribution < -0.4 is 0 Å². The van der Waals surface area contributed by atoms with Crippen molar-refractivity contribution in [1.82, 2.24) is 4.90 Å². The summed E-state index contributed by atoms with van der Waals surface area (Å²) in [5, 5.41) is 0. The van der Waals surface area contributed by atoms with E-state index in [-0.39, 0.29) is 6.54 Å². The number of amides is 1. The smallest absolute Gasteiger partial charge is 0.410 e. The second-order valence-corrected chi connectivity index (χ2v) is 8.90.